The van der Waals surface area contributed by atoms with Gasteiger partial charge >= 0.3 is 0 Å². The summed E-state index contributed by atoms with van der Waals surface area (Å²) in [4.78, 5) is 7.03. The van der Waals surface area contributed by atoms with Crippen LogP contribution < -0.4 is 11.1 Å². The van der Waals surface area contributed by atoms with Crippen molar-refractivity contribution in [3.8, 4) is 0 Å². The van der Waals surface area contributed by atoms with Crippen LogP contribution in [0, 0.1) is 0 Å². The second-order valence-electron chi connectivity index (χ2n) is 7.81. The molecule has 4 N–H and O–H groups in total. The van der Waals surface area contributed by atoms with Gasteiger partial charge in [0, 0.05) is 25.7 Å². The first kappa shape index (κ1) is 19.2. The number of aliphatic hydroxyl groups is 1. The van der Waals surface area contributed by atoms with Crippen molar-refractivity contribution in [1.82, 2.24) is 10.2 Å². The molecule has 2 aliphatic rings. The Morgan fingerprint density at radius 3 is 2.38 bits per heavy atom. The van der Waals surface area contributed by atoms with Gasteiger partial charge in [-0.05, 0) is 36.8 Å². The molecular weight excluding hydrogens is 324 g/mol. The van der Waals surface area contributed by atoms with Crippen LogP contribution in [0.4, 0.5) is 0 Å². The summed E-state index contributed by atoms with van der Waals surface area (Å²) in [5.41, 5.74) is 8.71. The Morgan fingerprint density at radius 1 is 1.04 bits per heavy atom. The zero-order chi connectivity index (χ0) is 18.2. The zero-order valence-electron chi connectivity index (χ0n) is 15.9. The van der Waals surface area contributed by atoms with E-state index >= 15 is 0 Å². The molecule has 1 saturated carbocycles. The van der Waals surface area contributed by atoms with Gasteiger partial charge in [0.25, 0.3) is 0 Å². The first-order valence-electron chi connectivity index (χ1n) is 10.2. The highest BCUT2D eigenvalue weighted by Gasteiger charge is 2.18. The van der Waals surface area contributed by atoms with Crippen LogP contribution in [-0.2, 0) is 13.1 Å². The number of nitrogens with two attached hydrogens (primary N) is 1. The van der Waals surface area contributed by atoms with Crippen LogP contribution >= 0.6 is 0 Å². The van der Waals surface area contributed by atoms with Crippen molar-refractivity contribution in [2.75, 3.05) is 13.1 Å². The van der Waals surface area contributed by atoms with Crippen molar-refractivity contribution < 1.29 is 5.11 Å². The highest BCUT2D eigenvalue weighted by Crippen LogP contribution is 2.18. The minimum absolute atomic E-state index is 0.124. The van der Waals surface area contributed by atoms with E-state index in [9.17, 15) is 5.11 Å². The fourth-order valence-corrected chi connectivity index (χ4v) is 4.03. The maximum Gasteiger partial charge on any atom is 0.189 e. The normalized spacial score (nSPS) is 21.5. The molecule has 1 aromatic rings. The lowest BCUT2D eigenvalue weighted by atomic mass is 10.0. The highest BCUT2D eigenvalue weighted by molar-refractivity contribution is 5.78. The fraction of sp³-hybridized carbons (Fsp3) is 0.667. The van der Waals surface area contributed by atoms with Gasteiger partial charge in [-0.25, -0.2) is 4.99 Å². The highest BCUT2D eigenvalue weighted by atomic mass is 16.3. The molecule has 0 spiro atoms. The Balaban J connectivity index is 1.55. The molecule has 1 aliphatic carbocycles. The van der Waals surface area contributed by atoms with Crippen LogP contribution in [0.25, 0.3) is 0 Å². The summed E-state index contributed by atoms with van der Waals surface area (Å²) in [5.74, 6) is 0.577. The molecule has 0 bridgehead atoms. The largest absolute Gasteiger partial charge is 0.393 e. The number of aliphatic imine (C=N–C) groups is 1. The number of rotatable bonds is 5. The van der Waals surface area contributed by atoms with Crippen LogP contribution in [-0.4, -0.2) is 41.2 Å². The SMILES string of the molecule is NC(=NCc1ccccc1CN1CCC(O)CC1)NC1CCCCCC1. The van der Waals surface area contributed by atoms with Gasteiger partial charge in [0.05, 0.1) is 12.6 Å². The predicted molar refractivity (Wildman–Crippen MR) is 107 cm³/mol. The molecule has 0 unspecified atom stereocenters. The van der Waals surface area contributed by atoms with Crippen molar-refractivity contribution in [3.63, 3.8) is 0 Å². The van der Waals surface area contributed by atoms with Gasteiger partial charge in [0.2, 0.25) is 0 Å². The summed E-state index contributed by atoms with van der Waals surface area (Å²) >= 11 is 0. The summed E-state index contributed by atoms with van der Waals surface area (Å²) in [5, 5.41) is 13.1. The van der Waals surface area contributed by atoms with E-state index in [1.165, 1.54) is 49.7 Å². The van der Waals surface area contributed by atoms with Crippen LogP contribution in [0.5, 0.6) is 0 Å². The number of piperidine rings is 1. The van der Waals surface area contributed by atoms with Crippen molar-refractivity contribution in [3.05, 3.63) is 35.4 Å². The molecule has 1 aromatic carbocycles. The molecule has 0 atom stereocenters. The molecule has 5 heteroatoms. The number of hydrogen-bond acceptors (Lipinski definition) is 3. The standard InChI is InChI=1S/C21H34N4O/c22-21(24-19-9-3-1-2-4-10-19)23-15-17-7-5-6-8-18(17)16-25-13-11-20(26)12-14-25/h5-8,19-20,26H,1-4,9-16H2,(H3,22,23,24). The smallest absolute Gasteiger partial charge is 0.189 e. The third-order valence-corrected chi connectivity index (χ3v) is 5.70. The molecule has 1 saturated heterocycles. The molecule has 1 aliphatic heterocycles. The van der Waals surface area contributed by atoms with Crippen LogP contribution in [0.15, 0.2) is 29.3 Å². The Kier molecular flexibility index (Phi) is 7.32. The number of hydrogen-bond donors (Lipinski definition) is 3. The molecule has 5 nitrogen and oxygen atoms in total. The molecular formula is C21H34N4O. The average Bonchev–Trinajstić information content (AvgIpc) is 2.91. The molecule has 0 aromatic heterocycles. The summed E-state index contributed by atoms with van der Waals surface area (Å²) in [7, 11) is 0. The predicted octanol–water partition coefficient (Wildman–Crippen LogP) is 2.77. The van der Waals surface area contributed by atoms with E-state index in [-0.39, 0.29) is 6.10 Å². The van der Waals surface area contributed by atoms with Crippen molar-refractivity contribution in [2.45, 2.75) is 76.6 Å². The lowest BCUT2D eigenvalue weighted by molar-refractivity contribution is 0.0791. The van der Waals surface area contributed by atoms with E-state index in [0.29, 0.717) is 18.5 Å². The Hall–Kier alpha value is -1.59. The van der Waals surface area contributed by atoms with E-state index in [2.05, 4.69) is 39.5 Å². The van der Waals surface area contributed by atoms with E-state index in [1.54, 1.807) is 0 Å². The van der Waals surface area contributed by atoms with Gasteiger partial charge in [0.15, 0.2) is 5.96 Å². The maximum atomic E-state index is 9.68. The fourth-order valence-electron chi connectivity index (χ4n) is 4.03. The molecule has 144 valence electrons. The minimum Gasteiger partial charge on any atom is -0.393 e. The van der Waals surface area contributed by atoms with E-state index < -0.39 is 0 Å². The molecule has 0 amide bonds. The van der Waals surface area contributed by atoms with Crippen LogP contribution in [0.3, 0.4) is 0 Å². The maximum absolute atomic E-state index is 9.68. The van der Waals surface area contributed by atoms with Gasteiger partial charge < -0.3 is 16.2 Å². The number of benzene rings is 1. The second-order valence-corrected chi connectivity index (χ2v) is 7.81. The quantitative estimate of drug-likeness (QED) is 0.430. The summed E-state index contributed by atoms with van der Waals surface area (Å²) < 4.78 is 0. The van der Waals surface area contributed by atoms with Crippen LogP contribution in [0.1, 0.15) is 62.5 Å². The van der Waals surface area contributed by atoms with Gasteiger partial charge in [-0.3, -0.25) is 4.90 Å². The lowest BCUT2D eigenvalue weighted by Gasteiger charge is -2.30. The number of aliphatic hydroxyl groups excluding tert-OH is 1. The minimum atomic E-state index is -0.124. The summed E-state index contributed by atoms with van der Waals surface area (Å²) in [6.45, 7) is 3.47. The Labute approximate surface area is 157 Å². The third-order valence-electron chi connectivity index (χ3n) is 5.70. The lowest BCUT2D eigenvalue weighted by Crippen LogP contribution is -2.39. The monoisotopic (exact) mass is 358 g/mol. The summed E-state index contributed by atoms with van der Waals surface area (Å²) in [6.07, 6.45) is 9.29. The number of nitrogens with one attached hydrogen (secondary N) is 1. The third kappa shape index (κ3) is 5.99. The molecule has 0 radical (unpaired) electrons. The van der Waals surface area contributed by atoms with E-state index in [4.69, 9.17) is 5.73 Å². The van der Waals surface area contributed by atoms with Gasteiger partial charge in [0.1, 0.15) is 0 Å². The van der Waals surface area contributed by atoms with Gasteiger partial charge in [-0.2, -0.15) is 0 Å². The van der Waals surface area contributed by atoms with Crippen molar-refractivity contribution in [2.24, 2.45) is 10.7 Å². The van der Waals surface area contributed by atoms with E-state index in [0.717, 1.165) is 32.5 Å². The topological polar surface area (TPSA) is 73.9 Å². The average molecular weight is 359 g/mol. The number of guanidine groups is 1. The van der Waals surface area contributed by atoms with Gasteiger partial charge in [-0.15, -0.1) is 0 Å². The van der Waals surface area contributed by atoms with Crippen molar-refractivity contribution >= 4 is 5.96 Å². The van der Waals surface area contributed by atoms with Crippen molar-refractivity contribution in [1.29, 1.82) is 0 Å². The van der Waals surface area contributed by atoms with Crippen LogP contribution in [0.2, 0.25) is 0 Å². The number of likely N-dealkylation sites (tertiary alicyclic amines) is 1. The summed E-state index contributed by atoms with van der Waals surface area (Å²) in [6, 6.07) is 8.98. The zero-order valence-corrected chi connectivity index (χ0v) is 15.9. The second kappa shape index (κ2) is 9.93. The Bertz CT molecular complexity index is 573. The molecule has 26 heavy (non-hydrogen) atoms. The van der Waals surface area contributed by atoms with Gasteiger partial charge in [-0.1, -0.05) is 49.9 Å². The Morgan fingerprint density at radius 2 is 1.69 bits per heavy atom. The number of nitrogens with zero attached hydrogens (tertiary/aromatic N) is 2. The molecule has 2 fully saturated rings. The molecule has 1 heterocycles. The molecule has 3 rings (SSSR count). The first-order valence-corrected chi connectivity index (χ1v) is 10.2. The van der Waals surface area contributed by atoms with E-state index in [1.807, 2.05) is 0 Å². The first-order chi connectivity index (χ1) is 12.7.